The second-order valence-electron chi connectivity index (χ2n) is 3.15. The van der Waals surface area contributed by atoms with E-state index in [1.54, 1.807) is 0 Å². The van der Waals surface area contributed by atoms with E-state index in [9.17, 15) is 18.0 Å². The number of Topliss-reactive ketones (excluding diaryl/α,β-unsaturated/α-hetero) is 1. The molecule has 0 heterocycles. The van der Waals surface area contributed by atoms with Crippen LogP contribution in [0, 0.1) is 6.92 Å². The van der Waals surface area contributed by atoms with Crippen molar-refractivity contribution in [3.8, 4) is 0 Å². The molecule has 0 fully saturated rings. The summed E-state index contributed by atoms with van der Waals surface area (Å²) in [5, 5.41) is 0. The molecule has 0 atom stereocenters. The van der Waals surface area contributed by atoms with Gasteiger partial charge in [0.2, 0.25) is 0 Å². The zero-order chi connectivity index (χ0) is 11.8. The molecular weight excluding hydrogens is 273 g/mol. The molecule has 0 saturated heterocycles. The molecule has 0 bridgehead atoms. The molecule has 0 unspecified atom stereocenters. The number of hydrogen-bond acceptors (Lipinski definition) is 1. The number of ketones is 1. The third-order valence-electron chi connectivity index (χ3n) is 2.06. The average molecular weight is 281 g/mol. The Hall–Kier alpha value is -0.840. The van der Waals surface area contributed by atoms with Crippen LogP contribution in [0.15, 0.2) is 16.6 Å². The second-order valence-corrected chi connectivity index (χ2v) is 4.00. The maximum atomic E-state index is 12.7. The maximum absolute atomic E-state index is 12.7. The summed E-state index contributed by atoms with van der Waals surface area (Å²) in [6, 6.07) is 2.63. The lowest BCUT2D eigenvalue weighted by molar-refractivity contribution is -0.138. The van der Waals surface area contributed by atoms with Crippen LogP contribution in [-0.4, -0.2) is 5.78 Å². The minimum absolute atomic E-state index is 0.0372. The minimum atomic E-state index is -4.51. The molecule has 0 aliphatic carbocycles. The zero-order valence-electron chi connectivity index (χ0n) is 8.07. The van der Waals surface area contributed by atoms with E-state index in [1.165, 1.54) is 19.1 Å². The number of halogens is 4. The number of rotatable bonds is 1. The minimum Gasteiger partial charge on any atom is -0.294 e. The Labute approximate surface area is 93.4 Å². The standard InChI is InChI=1S/C10H8BrF3O/c1-5-8(11)4-3-7(6(2)15)9(5)10(12,13)14/h3-4H,1-2H3. The molecule has 1 nitrogen and oxygen atoms in total. The summed E-state index contributed by atoms with van der Waals surface area (Å²) in [6.45, 7) is 2.46. The summed E-state index contributed by atoms with van der Waals surface area (Å²) in [5.74, 6) is -0.585. The Morgan fingerprint density at radius 3 is 2.27 bits per heavy atom. The predicted octanol–water partition coefficient (Wildman–Crippen LogP) is 3.98. The predicted molar refractivity (Wildman–Crippen MR) is 53.9 cm³/mol. The highest BCUT2D eigenvalue weighted by molar-refractivity contribution is 9.10. The third-order valence-corrected chi connectivity index (χ3v) is 2.92. The van der Waals surface area contributed by atoms with Crippen molar-refractivity contribution in [2.24, 2.45) is 0 Å². The van der Waals surface area contributed by atoms with Gasteiger partial charge in [-0.1, -0.05) is 15.9 Å². The van der Waals surface area contributed by atoms with Crippen LogP contribution in [0.1, 0.15) is 28.4 Å². The smallest absolute Gasteiger partial charge is 0.294 e. The SMILES string of the molecule is CC(=O)c1ccc(Br)c(C)c1C(F)(F)F. The summed E-state index contributed by atoms with van der Waals surface area (Å²) in [6.07, 6.45) is -4.51. The summed E-state index contributed by atoms with van der Waals surface area (Å²) in [7, 11) is 0. The average Bonchev–Trinajstić information content (AvgIpc) is 2.06. The molecule has 1 rings (SSSR count). The van der Waals surface area contributed by atoms with Gasteiger partial charge >= 0.3 is 6.18 Å². The summed E-state index contributed by atoms with van der Waals surface area (Å²) in [5.41, 5.74) is -1.11. The molecule has 0 N–H and O–H groups in total. The van der Waals surface area contributed by atoms with Gasteiger partial charge in [0.15, 0.2) is 5.78 Å². The fourth-order valence-electron chi connectivity index (χ4n) is 1.34. The molecule has 0 aliphatic heterocycles. The van der Waals surface area contributed by atoms with Gasteiger partial charge in [0, 0.05) is 10.0 Å². The van der Waals surface area contributed by atoms with E-state index >= 15 is 0 Å². The Balaban J connectivity index is 3.57. The van der Waals surface area contributed by atoms with Gasteiger partial charge in [0.05, 0.1) is 5.56 Å². The van der Waals surface area contributed by atoms with Gasteiger partial charge in [-0.3, -0.25) is 4.79 Å². The van der Waals surface area contributed by atoms with Gasteiger partial charge in [-0.15, -0.1) is 0 Å². The van der Waals surface area contributed by atoms with Crippen molar-refractivity contribution in [2.75, 3.05) is 0 Å². The summed E-state index contributed by atoms with van der Waals surface area (Å²) >= 11 is 3.01. The Kier molecular flexibility index (Phi) is 3.23. The fraction of sp³-hybridized carbons (Fsp3) is 0.300. The summed E-state index contributed by atoms with van der Waals surface area (Å²) in [4.78, 5) is 11.1. The highest BCUT2D eigenvalue weighted by atomic mass is 79.9. The van der Waals surface area contributed by atoms with Gasteiger partial charge < -0.3 is 0 Å². The molecule has 5 heteroatoms. The van der Waals surface area contributed by atoms with Crippen molar-refractivity contribution in [2.45, 2.75) is 20.0 Å². The molecule has 0 spiro atoms. The fourth-order valence-corrected chi connectivity index (χ4v) is 1.68. The Morgan fingerprint density at radius 1 is 1.33 bits per heavy atom. The van der Waals surface area contributed by atoms with E-state index in [1.807, 2.05) is 0 Å². The van der Waals surface area contributed by atoms with Crippen LogP contribution in [0.5, 0.6) is 0 Å². The lowest BCUT2D eigenvalue weighted by Gasteiger charge is -2.15. The van der Waals surface area contributed by atoms with Crippen LogP contribution >= 0.6 is 15.9 Å². The van der Waals surface area contributed by atoms with Gasteiger partial charge in [0.1, 0.15) is 0 Å². The molecule has 0 radical (unpaired) electrons. The van der Waals surface area contributed by atoms with Crippen molar-refractivity contribution in [3.05, 3.63) is 33.3 Å². The largest absolute Gasteiger partial charge is 0.417 e. The molecular formula is C10H8BrF3O. The van der Waals surface area contributed by atoms with Crippen molar-refractivity contribution in [3.63, 3.8) is 0 Å². The van der Waals surface area contributed by atoms with Crippen LogP contribution in [0.25, 0.3) is 0 Å². The highest BCUT2D eigenvalue weighted by Gasteiger charge is 2.36. The Bertz CT molecular complexity index is 410. The highest BCUT2D eigenvalue weighted by Crippen LogP contribution is 2.37. The molecule has 0 aromatic heterocycles. The Morgan fingerprint density at radius 2 is 1.87 bits per heavy atom. The third kappa shape index (κ3) is 2.40. The molecule has 15 heavy (non-hydrogen) atoms. The number of benzene rings is 1. The molecule has 0 aliphatic rings. The quantitative estimate of drug-likeness (QED) is 0.711. The lowest BCUT2D eigenvalue weighted by Crippen LogP contribution is -2.14. The first-order chi connectivity index (χ1) is 6.75. The molecule has 0 saturated carbocycles. The van der Waals surface area contributed by atoms with Crippen LogP contribution < -0.4 is 0 Å². The van der Waals surface area contributed by atoms with Crippen molar-refractivity contribution in [1.82, 2.24) is 0 Å². The van der Waals surface area contributed by atoms with E-state index in [0.29, 0.717) is 4.47 Å². The number of carbonyl (C=O) groups is 1. The van der Waals surface area contributed by atoms with Gasteiger partial charge in [-0.25, -0.2) is 0 Å². The molecule has 1 aromatic rings. The summed E-state index contributed by atoms with van der Waals surface area (Å²) < 4.78 is 38.4. The van der Waals surface area contributed by atoms with Gasteiger partial charge in [-0.05, 0) is 31.5 Å². The molecule has 1 aromatic carbocycles. The van der Waals surface area contributed by atoms with Crippen LogP contribution in [-0.2, 0) is 6.18 Å². The van der Waals surface area contributed by atoms with E-state index < -0.39 is 17.5 Å². The number of alkyl halides is 3. The maximum Gasteiger partial charge on any atom is 0.417 e. The second kappa shape index (κ2) is 3.96. The first-order valence-corrected chi connectivity index (χ1v) is 4.91. The first kappa shape index (κ1) is 12.2. The first-order valence-electron chi connectivity index (χ1n) is 4.12. The van der Waals surface area contributed by atoms with Crippen molar-refractivity contribution >= 4 is 21.7 Å². The number of carbonyl (C=O) groups excluding carboxylic acids is 1. The topological polar surface area (TPSA) is 17.1 Å². The number of hydrogen-bond donors (Lipinski definition) is 0. The van der Waals surface area contributed by atoms with Crippen molar-refractivity contribution < 1.29 is 18.0 Å². The van der Waals surface area contributed by atoms with E-state index in [-0.39, 0.29) is 11.1 Å². The van der Waals surface area contributed by atoms with Crippen LogP contribution in [0.2, 0.25) is 0 Å². The van der Waals surface area contributed by atoms with E-state index in [4.69, 9.17) is 0 Å². The van der Waals surface area contributed by atoms with Gasteiger partial charge in [0.25, 0.3) is 0 Å². The van der Waals surface area contributed by atoms with Crippen LogP contribution in [0.4, 0.5) is 13.2 Å². The van der Waals surface area contributed by atoms with E-state index in [0.717, 1.165) is 6.92 Å². The lowest BCUT2D eigenvalue weighted by atomic mass is 9.99. The molecule has 0 amide bonds. The zero-order valence-corrected chi connectivity index (χ0v) is 9.66. The molecule has 82 valence electrons. The van der Waals surface area contributed by atoms with Gasteiger partial charge in [-0.2, -0.15) is 13.2 Å². The van der Waals surface area contributed by atoms with Crippen molar-refractivity contribution in [1.29, 1.82) is 0 Å². The normalized spacial score (nSPS) is 11.6. The van der Waals surface area contributed by atoms with E-state index in [2.05, 4.69) is 15.9 Å². The van der Waals surface area contributed by atoms with Crippen LogP contribution in [0.3, 0.4) is 0 Å². The monoisotopic (exact) mass is 280 g/mol.